The second-order valence-corrected chi connectivity index (χ2v) is 4.19. The van der Waals surface area contributed by atoms with Gasteiger partial charge in [-0.2, -0.15) is 15.3 Å². The summed E-state index contributed by atoms with van der Waals surface area (Å²) in [4.78, 5) is 0. The van der Waals surface area contributed by atoms with E-state index >= 15 is 0 Å². The van der Waals surface area contributed by atoms with Gasteiger partial charge in [-0.25, -0.2) is 0 Å². The standard InChI is InChI=1S/C14H8N4/c1-3-11-12(14-9(1)5-6-15-18-14)4-2-10-7-16-17-8-13(10)11/h1-8H. The van der Waals surface area contributed by atoms with Crippen molar-refractivity contribution in [3.8, 4) is 0 Å². The summed E-state index contributed by atoms with van der Waals surface area (Å²) >= 11 is 0. The van der Waals surface area contributed by atoms with Crippen molar-refractivity contribution in [2.45, 2.75) is 0 Å². The van der Waals surface area contributed by atoms with Crippen LogP contribution in [0.5, 0.6) is 0 Å². The maximum atomic E-state index is 4.23. The SMILES string of the molecule is c1cc2ccc3c4cnncc4ccc3c2nn1. The Balaban J connectivity index is 2.31. The van der Waals surface area contributed by atoms with Gasteiger partial charge in [0.2, 0.25) is 0 Å². The van der Waals surface area contributed by atoms with E-state index in [1.807, 2.05) is 12.1 Å². The Bertz CT molecular complexity index is 811. The first-order valence-corrected chi connectivity index (χ1v) is 5.67. The highest BCUT2D eigenvalue weighted by Crippen LogP contribution is 2.28. The maximum absolute atomic E-state index is 4.23. The fourth-order valence-corrected chi connectivity index (χ4v) is 2.34. The van der Waals surface area contributed by atoms with Crippen molar-refractivity contribution in [2.75, 3.05) is 0 Å². The number of nitrogens with zero attached hydrogens (tertiary/aromatic N) is 4. The molecule has 0 radical (unpaired) electrons. The number of fused-ring (bicyclic) bond motifs is 5. The quantitative estimate of drug-likeness (QED) is 0.437. The van der Waals surface area contributed by atoms with Crippen LogP contribution in [-0.2, 0) is 0 Å². The normalized spacial score (nSPS) is 11.3. The molecule has 0 amide bonds. The fraction of sp³-hybridized carbons (Fsp3) is 0. The highest BCUT2D eigenvalue weighted by molar-refractivity contribution is 6.15. The minimum atomic E-state index is 0.925. The van der Waals surface area contributed by atoms with E-state index in [2.05, 4.69) is 38.6 Å². The molecule has 0 aliphatic heterocycles. The lowest BCUT2D eigenvalue weighted by Gasteiger charge is -2.05. The van der Waals surface area contributed by atoms with Crippen molar-refractivity contribution in [1.82, 2.24) is 20.4 Å². The van der Waals surface area contributed by atoms with Crippen LogP contribution in [0.3, 0.4) is 0 Å². The van der Waals surface area contributed by atoms with Gasteiger partial charge in [0.25, 0.3) is 0 Å². The average Bonchev–Trinajstić information content (AvgIpc) is 2.46. The molecule has 0 aliphatic rings. The van der Waals surface area contributed by atoms with E-state index < -0.39 is 0 Å². The minimum Gasteiger partial charge on any atom is -0.158 e. The lowest BCUT2D eigenvalue weighted by molar-refractivity contribution is 1.05. The maximum Gasteiger partial charge on any atom is 0.101 e. The molecular formula is C14H8N4. The van der Waals surface area contributed by atoms with Crippen molar-refractivity contribution >= 4 is 32.4 Å². The monoisotopic (exact) mass is 232 g/mol. The predicted octanol–water partition coefficient (Wildman–Crippen LogP) is 2.73. The van der Waals surface area contributed by atoms with Crippen molar-refractivity contribution in [2.24, 2.45) is 0 Å². The molecule has 84 valence electrons. The largest absolute Gasteiger partial charge is 0.158 e. The van der Waals surface area contributed by atoms with Gasteiger partial charge in [-0.05, 0) is 11.5 Å². The fourth-order valence-electron chi connectivity index (χ4n) is 2.34. The molecular weight excluding hydrogens is 224 g/mol. The second kappa shape index (κ2) is 3.43. The number of benzene rings is 2. The molecule has 4 heteroatoms. The molecule has 18 heavy (non-hydrogen) atoms. The third kappa shape index (κ3) is 1.20. The Morgan fingerprint density at radius 3 is 2.44 bits per heavy atom. The van der Waals surface area contributed by atoms with Gasteiger partial charge in [0.05, 0.1) is 18.6 Å². The van der Waals surface area contributed by atoms with E-state index in [1.54, 1.807) is 18.6 Å². The third-order valence-corrected chi connectivity index (χ3v) is 3.21. The predicted molar refractivity (Wildman–Crippen MR) is 70.1 cm³/mol. The van der Waals surface area contributed by atoms with Gasteiger partial charge in [-0.15, -0.1) is 5.10 Å². The molecule has 0 fully saturated rings. The summed E-state index contributed by atoms with van der Waals surface area (Å²) in [6.45, 7) is 0. The lowest BCUT2D eigenvalue weighted by Crippen LogP contribution is -1.87. The summed E-state index contributed by atoms with van der Waals surface area (Å²) in [5, 5.41) is 21.6. The molecule has 0 atom stereocenters. The van der Waals surface area contributed by atoms with Crippen molar-refractivity contribution < 1.29 is 0 Å². The van der Waals surface area contributed by atoms with Crippen LogP contribution in [0.2, 0.25) is 0 Å². The Morgan fingerprint density at radius 2 is 1.44 bits per heavy atom. The first-order chi connectivity index (χ1) is 8.93. The van der Waals surface area contributed by atoms with Crippen LogP contribution in [0.25, 0.3) is 32.4 Å². The summed E-state index contributed by atoms with van der Waals surface area (Å²) in [7, 11) is 0. The van der Waals surface area contributed by atoms with Gasteiger partial charge < -0.3 is 0 Å². The lowest BCUT2D eigenvalue weighted by atomic mass is 10.0. The first kappa shape index (κ1) is 9.41. The summed E-state index contributed by atoms with van der Waals surface area (Å²) in [5.74, 6) is 0. The van der Waals surface area contributed by atoms with Crippen molar-refractivity contribution in [1.29, 1.82) is 0 Å². The van der Waals surface area contributed by atoms with Gasteiger partial charge in [0, 0.05) is 21.5 Å². The molecule has 2 aromatic carbocycles. The number of rotatable bonds is 0. The molecule has 4 rings (SSSR count). The second-order valence-electron chi connectivity index (χ2n) is 4.19. The minimum absolute atomic E-state index is 0.925. The number of hydrogen-bond acceptors (Lipinski definition) is 4. The van der Waals surface area contributed by atoms with Gasteiger partial charge in [0.1, 0.15) is 5.52 Å². The molecule has 0 aliphatic carbocycles. The van der Waals surface area contributed by atoms with Crippen LogP contribution in [-0.4, -0.2) is 20.4 Å². The molecule has 0 saturated heterocycles. The summed E-state index contributed by atoms with van der Waals surface area (Å²) in [6, 6.07) is 10.2. The Hall–Kier alpha value is -2.62. The molecule has 2 aromatic heterocycles. The zero-order valence-electron chi connectivity index (χ0n) is 9.41. The van der Waals surface area contributed by atoms with E-state index in [4.69, 9.17) is 0 Å². The van der Waals surface area contributed by atoms with Gasteiger partial charge in [-0.3, -0.25) is 0 Å². The Morgan fingerprint density at radius 1 is 0.611 bits per heavy atom. The molecule has 2 heterocycles. The van der Waals surface area contributed by atoms with Crippen LogP contribution >= 0.6 is 0 Å². The zero-order valence-corrected chi connectivity index (χ0v) is 9.41. The Labute approximate surface area is 102 Å². The topological polar surface area (TPSA) is 51.6 Å². The van der Waals surface area contributed by atoms with E-state index in [0.29, 0.717) is 0 Å². The Kier molecular flexibility index (Phi) is 1.80. The van der Waals surface area contributed by atoms with Crippen LogP contribution in [0, 0.1) is 0 Å². The number of hydrogen-bond donors (Lipinski definition) is 0. The molecule has 4 aromatic rings. The van der Waals surface area contributed by atoms with E-state index in [0.717, 1.165) is 32.4 Å². The molecule has 0 unspecified atom stereocenters. The first-order valence-electron chi connectivity index (χ1n) is 5.67. The van der Waals surface area contributed by atoms with Crippen LogP contribution in [0.15, 0.2) is 48.9 Å². The van der Waals surface area contributed by atoms with Crippen molar-refractivity contribution in [3.63, 3.8) is 0 Å². The summed E-state index contributed by atoms with van der Waals surface area (Å²) < 4.78 is 0. The van der Waals surface area contributed by atoms with E-state index in [-0.39, 0.29) is 0 Å². The molecule has 0 spiro atoms. The smallest absolute Gasteiger partial charge is 0.101 e. The van der Waals surface area contributed by atoms with Gasteiger partial charge in [0.15, 0.2) is 0 Å². The number of aromatic nitrogens is 4. The van der Waals surface area contributed by atoms with Crippen molar-refractivity contribution in [3.05, 3.63) is 48.9 Å². The highest BCUT2D eigenvalue weighted by Gasteiger charge is 2.05. The third-order valence-electron chi connectivity index (χ3n) is 3.21. The van der Waals surface area contributed by atoms with Crippen LogP contribution in [0.4, 0.5) is 0 Å². The van der Waals surface area contributed by atoms with Crippen LogP contribution in [0.1, 0.15) is 0 Å². The summed E-state index contributed by atoms with van der Waals surface area (Å²) in [5.41, 5.74) is 0.925. The van der Waals surface area contributed by atoms with E-state index in [1.165, 1.54) is 0 Å². The highest BCUT2D eigenvalue weighted by atomic mass is 15.1. The van der Waals surface area contributed by atoms with Crippen LogP contribution < -0.4 is 0 Å². The van der Waals surface area contributed by atoms with Gasteiger partial charge in [-0.1, -0.05) is 24.3 Å². The summed E-state index contributed by atoms with van der Waals surface area (Å²) in [6.07, 6.45) is 5.27. The average molecular weight is 232 g/mol. The molecule has 4 nitrogen and oxygen atoms in total. The molecule has 0 saturated carbocycles. The molecule has 0 N–H and O–H groups in total. The zero-order chi connectivity index (χ0) is 11.9. The van der Waals surface area contributed by atoms with Gasteiger partial charge >= 0.3 is 0 Å². The molecule has 0 bridgehead atoms. The van der Waals surface area contributed by atoms with E-state index in [9.17, 15) is 0 Å².